The molecule has 2 aromatic rings. The summed E-state index contributed by atoms with van der Waals surface area (Å²) >= 11 is 6.00. The van der Waals surface area contributed by atoms with Crippen LogP contribution in [0.3, 0.4) is 0 Å². The molecule has 2 N–H and O–H groups in total. The molecule has 2 amide bonds. The van der Waals surface area contributed by atoms with Crippen molar-refractivity contribution in [3.05, 3.63) is 53.1 Å². The van der Waals surface area contributed by atoms with Crippen LogP contribution in [-0.2, 0) is 9.59 Å². The number of rotatable bonds is 3. The monoisotopic (exact) mass is 330 g/mol. The molecule has 2 aromatic carbocycles. The van der Waals surface area contributed by atoms with Crippen molar-refractivity contribution < 1.29 is 14.3 Å². The molecule has 0 fully saturated rings. The number of benzene rings is 2. The number of amides is 2. The fourth-order valence-electron chi connectivity index (χ4n) is 2.33. The average molecular weight is 331 g/mol. The van der Waals surface area contributed by atoms with Gasteiger partial charge in [0.1, 0.15) is 5.75 Å². The van der Waals surface area contributed by atoms with Gasteiger partial charge in [-0.05, 0) is 36.8 Å². The van der Waals surface area contributed by atoms with E-state index in [4.69, 9.17) is 16.3 Å². The van der Waals surface area contributed by atoms with E-state index in [9.17, 15) is 9.59 Å². The molecule has 0 saturated heterocycles. The average Bonchev–Trinajstić information content (AvgIpc) is 2.50. The number of carbonyl (C=O) groups is 2. The Morgan fingerprint density at radius 1 is 1.30 bits per heavy atom. The zero-order valence-electron chi connectivity index (χ0n) is 12.4. The third kappa shape index (κ3) is 3.46. The number of carbonyl (C=O) groups excluding carboxylic acids is 2. The van der Waals surface area contributed by atoms with Crippen molar-refractivity contribution >= 4 is 34.8 Å². The van der Waals surface area contributed by atoms with Crippen LogP contribution in [0, 0.1) is 6.92 Å². The van der Waals surface area contributed by atoms with E-state index in [0.29, 0.717) is 22.1 Å². The normalized spacial score (nSPS) is 16.1. The second-order valence-electron chi connectivity index (χ2n) is 5.33. The van der Waals surface area contributed by atoms with Gasteiger partial charge >= 0.3 is 0 Å². The maximum atomic E-state index is 12.1. The van der Waals surface area contributed by atoms with Crippen LogP contribution in [0.5, 0.6) is 5.75 Å². The summed E-state index contributed by atoms with van der Waals surface area (Å²) in [5, 5.41) is 5.88. The van der Waals surface area contributed by atoms with E-state index in [1.165, 1.54) is 0 Å². The first-order chi connectivity index (χ1) is 11.0. The smallest absolute Gasteiger partial charge is 0.266 e. The summed E-state index contributed by atoms with van der Waals surface area (Å²) in [6.07, 6.45) is -0.961. The second kappa shape index (κ2) is 6.30. The number of halogens is 1. The van der Waals surface area contributed by atoms with Crippen LogP contribution in [-0.4, -0.2) is 17.9 Å². The summed E-state index contributed by atoms with van der Waals surface area (Å²) in [6.45, 7) is 1.93. The number of para-hydroxylation sites is 1. The van der Waals surface area contributed by atoms with Crippen molar-refractivity contribution in [1.82, 2.24) is 0 Å². The first-order valence-corrected chi connectivity index (χ1v) is 7.53. The molecule has 1 atom stereocenters. The van der Waals surface area contributed by atoms with Gasteiger partial charge < -0.3 is 15.4 Å². The Hall–Kier alpha value is -2.53. The van der Waals surface area contributed by atoms with E-state index in [0.717, 1.165) is 5.56 Å². The van der Waals surface area contributed by atoms with Crippen LogP contribution in [0.15, 0.2) is 42.5 Å². The zero-order valence-corrected chi connectivity index (χ0v) is 13.2. The fraction of sp³-hybridized carbons (Fsp3) is 0.176. The Balaban J connectivity index is 1.68. The number of hydrogen-bond acceptors (Lipinski definition) is 3. The highest BCUT2D eigenvalue weighted by molar-refractivity contribution is 6.33. The van der Waals surface area contributed by atoms with Crippen molar-refractivity contribution in [2.75, 3.05) is 10.6 Å². The summed E-state index contributed by atoms with van der Waals surface area (Å²) in [6, 6.07) is 12.4. The van der Waals surface area contributed by atoms with Crippen LogP contribution in [0.25, 0.3) is 0 Å². The predicted octanol–water partition coefficient (Wildman–Crippen LogP) is 3.38. The standard InChI is InChI=1S/C17H15ClN2O3/c1-10-6-7-14-13(8-10)20-17(22)15(23-14)9-16(21)19-12-5-3-2-4-11(12)18/h2-8,15H,9H2,1H3,(H,19,21)(H,20,22)/t15-/m0/s1. The lowest BCUT2D eigenvalue weighted by molar-refractivity contribution is -0.128. The van der Waals surface area contributed by atoms with Crippen molar-refractivity contribution in [2.24, 2.45) is 0 Å². The van der Waals surface area contributed by atoms with Gasteiger partial charge in [0, 0.05) is 0 Å². The number of anilines is 2. The molecule has 1 heterocycles. The lowest BCUT2D eigenvalue weighted by atomic mass is 10.1. The number of fused-ring (bicyclic) bond motifs is 1. The van der Waals surface area contributed by atoms with Crippen molar-refractivity contribution in [1.29, 1.82) is 0 Å². The Bertz CT molecular complexity index is 776. The predicted molar refractivity (Wildman–Crippen MR) is 88.9 cm³/mol. The third-order valence-corrected chi connectivity index (χ3v) is 3.80. The van der Waals surface area contributed by atoms with Gasteiger partial charge in [-0.15, -0.1) is 0 Å². The molecule has 118 valence electrons. The van der Waals surface area contributed by atoms with Crippen LogP contribution in [0.2, 0.25) is 5.02 Å². The quantitative estimate of drug-likeness (QED) is 0.906. The van der Waals surface area contributed by atoms with Crippen LogP contribution in [0.4, 0.5) is 11.4 Å². The number of nitrogens with one attached hydrogen (secondary N) is 2. The van der Waals surface area contributed by atoms with Gasteiger partial charge in [0.05, 0.1) is 22.8 Å². The lowest BCUT2D eigenvalue weighted by Gasteiger charge is -2.25. The minimum absolute atomic E-state index is 0.0929. The maximum Gasteiger partial charge on any atom is 0.266 e. The molecule has 0 unspecified atom stereocenters. The van der Waals surface area contributed by atoms with E-state index < -0.39 is 6.10 Å². The largest absolute Gasteiger partial charge is 0.478 e. The number of aryl methyl sites for hydroxylation is 1. The molecule has 0 spiro atoms. The first-order valence-electron chi connectivity index (χ1n) is 7.15. The van der Waals surface area contributed by atoms with Gasteiger partial charge in [-0.25, -0.2) is 0 Å². The SMILES string of the molecule is Cc1ccc2c(c1)NC(=O)[C@H](CC(=O)Nc1ccccc1Cl)O2. The van der Waals surface area contributed by atoms with E-state index in [-0.39, 0.29) is 18.2 Å². The summed E-state index contributed by atoms with van der Waals surface area (Å²) in [7, 11) is 0. The highest BCUT2D eigenvalue weighted by Gasteiger charge is 2.29. The maximum absolute atomic E-state index is 12.1. The molecule has 0 radical (unpaired) electrons. The Labute approximate surface area is 138 Å². The number of ether oxygens (including phenoxy) is 1. The Kier molecular flexibility index (Phi) is 4.21. The van der Waals surface area contributed by atoms with Crippen LogP contribution in [0.1, 0.15) is 12.0 Å². The molecule has 6 heteroatoms. The molecular formula is C17H15ClN2O3. The van der Waals surface area contributed by atoms with Crippen LogP contribution >= 0.6 is 11.6 Å². The highest BCUT2D eigenvalue weighted by Crippen LogP contribution is 2.31. The van der Waals surface area contributed by atoms with E-state index >= 15 is 0 Å². The minimum atomic E-state index is -0.868. The molecule has 0 aromatic heterocycles. The van der Waals surface area contributed by atoms with E-state index in [2.05, 4.69) is 10.6 Å². The molecular weight excluding hydrogens is 316 g/mol. The Morgan fingerprint density at radius 3 is 2.87 bits per heavy atom. The van der Waals surface area contributed by atoms with Gasteiger partial charge in [0.15, 0.2) is 6.10 Å². The molecule has 5 nitrogen and oxygen atoms in total. The summed E-state index contributed by atoms with van der Waals surface area (Å²) in [5.74, 6) is -0.114. The lowest BCUT2D eigenvalue weighted by Crippen LogP contribution is -2.39. The van der Waals surface area contributed by atoms with Gasteiger partial charge in [0.2, 0.25) is 5.91 Å². The van der Waals surface area contributed by atoms with E-state index in [1.54, 1.807) is 30.3 Å². The third-order valence-electron chi connectivity index (χ3n) is 3.47. The second-order valence-corrected chi connectivity index (χ2v) is 5.73. The van der Waals surface area contributed by atoms with Gasteiger partial charge in [0.25, 0.3) is 5.91 Å². The summed E-state index contributed by atoms with van der Waals surface area (Å²) in [4.78, 5) is 24.2. The van der Waals surface area contributed by atoms with Gasteiger partial charge in [-0.2, -0.15) is 0 Å². The first kappa shape index (κ1) is 15.4. The summed E-state index contributed by atoms with van der Waals surface area (Å²) in [5.41, 5.74) is 2.15. The molecule has 1 aliphatic rings. The minimum Gasteiger partial charge on any atom is -0.478 e. The molecule has 3 rings (SSSR count). The van der Waals surface area contributed by atoms with Gasteiger partial charge in [-0.1, -0.05) is 29.8 Å². The molecule has 0 bridgehead atoms. The molecule has 0 saturated carbocycles. The van der Waals surface area contributed by atoms with Crippen molar-refractivity contribution in [2.45, 2.75) is 19.4 Å². The fourth-order valence-corrected chi connectivity index (χ4v) is 2.51. The molecule has 1 aliphatic heterocycles. The van der Waals surface area contributed by atoms with Crippen LogP contribution < -0.4 is 15.4 Å². The zero-order chi connectivity index (χ0) is 16.4. The van der Waals surface area contributed by atoms with Crippen molar-refractivity contribution in [3.8, 4) is 5.75 Å². The molecule has 0 aliphatic carbocycles. The summed E-state index contributed by atoms with van der Waals surface area (Å²) < 4.78 is 5.63. The van der Waals surface area contributed by atoms with E-state index in [1.807, 2.05) is 19.1 Å². The topological polar surface area (TPSA) is 67.4 Å². The Morgan fingerprint density at radius 2 is 2.09 bits per heavy atom. The molecule has 23 heavy (non-hydrogen) atoms. The van der Waals surface area contributed by atoms with Gasteiger partial charge in [-0.3, -0.25) is 9.59 Å². The highest BCUT2D eigenvalue weighted by atomic mass is 35.5. The van der Waals surface area contributed by atoms with Crippen molar-refractivity contribution in [3.63, 3.8) is 0 Å². The number of hydrogen-bond donors (Lipinski definition) is 2.